The van der Waals surface area contributed by atoms with Gasteiger partial charge in [-0.2, -0.15) is 0 Å². The minimum absolute atomic E-state index is 0. The number of rotatable bonds is 6. The van der Waals surface area contributed by atoms with Gasteiger partial charge in [-0.1, -0.05) is 57.2 Å². The standard InChI is InChI=1S/C30H32N2O4.H2/c1-29(2,3)24-11-10-22(17-23(24)20-7-5-19(6-8-20)15-27(33)31-4)32-28(34)30(13-14-30)21-9-12-25-26(16-21)36-18-35-25;/h5-12,16-17H,13-15,18H2,1-4H3,(H,31,33)(H,32,34);1H. The monoisotopic (exact) mass is 486 g/mol. The van der Waals surface area contributed by atoms with Crippen LogP contribution in [0, 0.1) is 0 Å². The van der Waals surface area contributed by atoms with Crippen LogP contribution in [-0.2, 0) is 26.8 Å². The fourth-order valence-corrected chi connectivity index (χ4v) is 4.81. The Morgan fingerprint density at radius 1 is 0.944 bits per heavy atom. The largest absolute Gasteiger partial charge is 0.454 e. The fourth-order valence-electron chi connectivity index (χ4n) is 4.81. The first-order valence-corrected chi connectivity index (χ1v) is 12.4. The molecule has 1 saturated carbocycles. The van der Waals surface area contributed by atoms with Gasteiger partial charge in [-0.25, -0.2) is 0 Å². The van der Waals surface area contributed by atoms with Gasteiger partial charge in [0.15, 0.2) is 11.5 Å². The second-order valence-corrected chi connectivity index (χ2v) is 10.7. The van der Waals surface area contributed by atoms with Crippen LogP contribution in [0.3, 0.4) is 0 Å². The van der Waals surface area contributed by atoms with Crippen LogP contribution in [0.15, 0.2) is 60.7 Å². The van der Waals surface area contributed by atoms with E-state index in [9.17, 15) is 9.59 Å². The van der Waals surface area contributed by atoms with Crippen molar-refractivity contribution < 1.29 is 20.5 Å². The van der Waals surface area contributed by atoms with E-state index in [2.05, 4.69) is 43.5 Å². The molecule has 2 aliphatic rings. The van der Waals surface area contributed by atoms with Crippen LogP contribution in [0.5, 0.6) is 11.5 Å². The van der Waals surface area contributed by atoms with E-state index >= 15 is 0 Å². The number of likely N-dealkylation sites (N-methyl/N-ethyl adjacent to an activating group) is 1. The zero-order valence-corrected chi connectivity index (χ0v) is 21.2. The summed E-state index contributed by atoms with van der Waals surface area (Å²) in [5.41, 5.74) is 5.38. The smallest absolute Gasteiger partial charge is 0.235 e. The van der Waals surface area contributed by atoms with Gasteiger partial charge < -0.3 is 20.1 Å². The molecule has 0 unspecified atom stereocenters. The summed E-state index contributed by atoms with van der Waals surface area (Å²) in [4.78, 5) is 25.2. The lowest BCUT2D eigenvalue weighted by Gasteiger charge is -2.24. The molecule has 3 aromatic carbocycles. The van der Waals surface area contributed by atoms with Crippen molar-refractivity contribution in [3.63, 3.8) is 0 Å². The third-order valence-corrected chi connectivity index (χ3v) is 7.10. The molecule has 0 atom stereocenters. The van der Waals surface area contributed by atoms with Crippen molar-refractivity contribution in [2.24, 2.45) is 0 Å². The quantitative estimate of drug-likeness (QED) is 0.477. The first-order valence-electron chi connectivity index (χ1n) is 12.4. The number of carbonyl (C=O) groups excluding carboxylic acids is 2. The summed E-state index contributed by atoms with van der Waals surface area (Å²) >= 11 is 0. The lowest BCUT2D eigenvalue weighted by atomic mass is 9.81. The highest BCUT2D eigenvalue weighted by Gasteiger charge is 2.51. The highest BCUT2D eigenvalue weighted by atomic mass is 16.7. The van der Waals surface area contributed by atoms with Gasteiger partial charge in [-0.05, 0) is 70.3 Å². The maximum atomic E-state index is 13.5. The average Bonchev–Trinajstić information content (AvgIpc) is 3.54. The van der Waals surface area contributed by atoms with Crippen LogP contribution in [0.2, 0.25) is 0 Å². The number of nitrogens with one attached hydrogen (secondary N) is 2. The van der Waals surface area contributed by atoms with E-state index in [4.69, 9.17) is 9.47 Å². The van der Waals surface area contributed by atoms with E-state index in [0.29, 0.717) is 12.2 Å². The van der Waals surface area contributed by atoms with Crippen molar-refractivity contribution in [3.05, 3.63) is 77.4 Å². The fraction of sp³-hybridized carbons (Fsp3) is 0.333. The molecule has 1 fully saturated rings. The zero-order valence-electron chi connectivity index (χ0n) is 21.2. The molecular formula is C30H34N2O4. The van der Waals surface area contributed by atoms with Crippen molar-refractivity contribution in [1.29, 1.82) is 0 Å². The second kappa shape index (κ2) is 9.01. The number of benzene rings is 3. The molecular weight excluding hydrogens is 452 g/mol. The zero-order chi connectivity index (χ0) is 25.5. The minimum Gasteiger partial charge on any atom is -0.454 e. The number of hydrogen-bond acceptors (Lipinski definition) is 4. The van der Waals surface area contributed by atoms with Crippen LogP contribution in [0.1, 0.15) is 51.7 Å². The molecule has 6 nitrogen and oxygen atoms in total. The number of fused-ring (bicyclic) bond motifs is 1. The highest BCUT2D eigenvalue weighted by molar-refractivity contribution is 6.02. The molecule has 0 bridgehead atoms. The summed E-state index contributed by atoms with van der Waals surface area (Å²) in [6.45, 7) is 6.77. The third kappa shape index (κ3) is 4.55. The maximum Gasteiger partial charge on any atom is 0.235 e. The Bertz CT molecular complexity index is 1320. The summed E-state index contributed by atoms with van der Waals surface area (Å²) in [6.07, 6.45) is 1.96. The molecule has 2 N–H and O–H groups in total. The predicted octanol–water partition coefficient (Wildman–Crippen LogP) is 5.58. The number of hydrogen-bond donors (Lipinski definition) is 2. The van der Waals surface area contributed by atoms with Gasteiger partial charge in [0.05, 0.1) is 11.8 Å². The molecule has 1 aliphatic heterocycles. The van der Waals surface area contributed by atoms with E-state index in [-0.39, 0.29) is 25.4 Å². The average molecular weight is 487 g/mol. The van der Waals surface area contributed by atoms with Crippen molar-refractivity contribution in [2.45, 2.75) is 50.9 Å². The van der Waals surface area contributed by atoms with Crippen molar-refractivity contribution in [1.82, 2.24) is 5.32 Å². The summed E-state index contributed by atoms with van der Waals surface area (Å²) in [6, 6.07) is 20.0. The molecule has 1 aliphatic carbocycles. The number of amides is 2. The van der Waals surface area contributed by atoms with Gasteiger partial charge in [0, 0.05) is 14.2 Å². The Labute approximate surface area is 213 Å². The van der Waals surface area contributed by atoms with Gasteiger partial charge in [0.1, 0.15) is 0 Å². The Balaban J connectivity index is 0.00000320. The van der Waals surface area contributed by atoms with E-state index in [1.807, 2.05) is 48.5 Å². The Morgan fingerprint density at radius 3 is 2.33 bits per heavy atom. The highest BCUT2D eigenvalue weighted by Crippen LogP contribution is 2.51. The predicted molar refractivity (Wildman–Crippen MR) is 143 cm³/mol. The Hall–Kier alpha value is -3.80. The first kappa shape index (κ1) is 23.9. The van der Waals surface area contributed by atoms with Crippen molar-refractivity contribution in [2.75, 3.05) is 19.2 Å². The van der Waals surface area contributed by atoms with Gasteiger partial charge >= 0.3 is 0 Å². The number of anilines is 1. The van der Waals surface area contributed by atoms with Crippen LogP contribution in [0.25, 0.3) is 11.1 Å². The number of carbonyl (C=O) groups is 2. The SMILES string of the molecule is CNC(=O)Cc1ccc(-c2cc(NC(=O)C3(c4ccc5c(c4)OCO5)CC3)ccc2C(C)(C)C)cc1.[HH]. The molecule has 5 rings (SSSR count). The molecule has 188 valence electrons. The molecule has 36 heavy (non-hydrogen) atoms. The molecule has 3 aromatic rings. The molecule has 0 saturated heterocycles. The van der Waals surface area contributed by atoms with E-state index < -0.39 is 5.41 Å². The van der Waals surface area contributed by atoms with Gasteiger partial charge in [-0.15, -0.1) is 0 Å². The molecule has 2 amide bonds. The van der Waals surface area contributed by atoms with Crippen LogP contribution in [0.4, 0.5) is 5.69 Å². The Kier molecular flexibility index (Phi) is 5.99. The normalized spacial score (nSPS) is 15.3. The first-order chi connectivity index (χ1) is 17.2. The van der Waals surface area contributed by atoms with Crippen LogP contribution >= 0.6 is 0 Å². The molecule has 6 heteroatoms. The topological polar surface area (TPSA) is 76.7 Å². The lowest BCUT2D eigenvalue weighted by molar-refractivity contribution is -0.120. The van der Waals surface area contributed by atoms with Gasteiger partial charge in [0.2, 0.25) is 18.6 Å². The minimum atomic E-state index is -0.536. The van der Waals surface area contributed by atoms with E-state index in [1.165, 1.54) is 5.56 Å². The summed E-state index contributed by atoms with van der Waals surface area (Å²) < 4.78 is 11.0. The van der Waals surface area contributed by atoms with E-state index in [1.54, 1.807) is 7.05 Å². The van der Waals surface area contributed by atoms with Crippen molar-refractivity contribution >= 4 is 17.5 Å². The van der Waals surface area contributed by atoms with Crippen LogP contribution in [-0.4, -0.2) is 25.7 Å². The third-order valence-electron chi connectivity index (χ3n) is 7.10. The molecule has 1 heterocycles. The lowest BCUT2D eigenvalue weighted by Crippen LogP contribution is -2.28. The summed E-state index contributed by atoms with van der Waals surface area (Å²) in [7, 11) is 1.64. The van der Waals surface area contributed by atoms with E-state index in [0.717, 1.165) is 46.5 Å². The van der Waals surface area contributed by atoms with Crippen LogP contribution < -0.4 is 20.1 Å². The van der Waals surface area contributed by atoms with Gasteiger partial charge in [0.25, 0.3) is 0 Å². The molecule has 0 spiro atoms. The maximum absolute atomic E-state index is 13.5. The van der Waals surface area contributed by atoms with Crippen molar-refractivity contribution in [3.8, 4) is 22.6 Å². The molecule has 0 aromatic heterocycles. The number of ether oxygens (including phenoxy) is 2. The Morgan fingerprint density at radius 2 is 1.67 bits per heavy atom. The second-order valence-electron chi connectivity index (χ2n) is 10.7. The summed E-state index contributed by atoms with van der Waals surface area (Å²) in [5.74, 6) is 1.40. The molecule has 0 radical (unpaired) electrons. The van der Waals surface area contributed by atoms with Gasteiger partial charge in [-0.3, -0.25) is 9.59 Å². The summed E-state index contributed by atoms with van der Waals surface area (Å²) in [5, 5.41) is 5.84.